The number of hydrogen-bond acceptors (Lipinski definition) is 4. The van der Waals surface area contributed by atoms with Gasteiger partial charge in [-0.3, -0.25) is 0 Å². The zero-order chi connectivity index (χ0) is 14.8. The molecule has 1 aromatic carbocycles. The Morgan fingerprint density at radius 1 is 1.29 bits per heavy atom. The molecular formula is C15H16Cl2N2OS. The number of thiazole rings is 1. The molecule has 2 aromatic rings. The van der Waals surface area contributed by atoms with Crippen LogP contribution in [0.4, 0.5) is 5.13 Å². The summed E-state index contributed by atoms with van der Waals surface area (Å²) in [6, 6.07) is 5.62. The normalized spacial score (nSPS) is 15.5. The molecule has 0 radical (unpaired) electrons. The van der Waals surface area contributed by atoms with E-state index in [1.54, 1.807) is 17.4 Å². The Balaban J connectivity index is 1.80. The van der Waals surface area contributed by atoms with E-state index in [0.29, 0.717) is 10.0 Å². The molecule has 0 unspecified atom stereocenters. The van der Waals surface area contributed by atoms with Crippen molar-refractivity contribution in [3.05, 3.63) is 44.4 Å². The van der Waals surface area contributed by atoms with Crippen LogP contribution < -0.4 is 4.90 Å². The van der Waals surface area contributed by atoms with Crippen molar-refractivity contribution < 1.29 is 4.74 Å². The number of aryl methyl sites for hydroxylation is 1. The van der Waals surface area contributed by atoms with Crippen LogP contribution in [0, 0.1) is 6.92 Å². The second-order valence-electron chi connectivity index (χ2n) is 5.01. The largest absolute Gasteiger partial charge is 0.378 e. The van der Waals surface area contributed by atoms with Crippen molar-refractivity contribution >= 4 is 39.7 Å². The molecule has 2 heterocycles. The molecule has 1 aromatic heterocycles. The molecule has 0 aliphatic carbocycles. The fraction of sp³-hybridized carbons (Fsp3) is 0.400. The van der Waals surface area contributed by atoms with Gasteiger partial charge in [0, 0.05) is 34.4 Å². The monoisotopic (exact) mass is 342 g/mol. The number of benzene rings is 1. The number of rotatable bonds is 3. The van der Waals surface area contributed by atoms with Crippen molar-refractivity contribution in [3.63, 3.8) is 0 Å². The molecule has 0 N–H and O–H groups in total. The van der Waals surface area contributed by atoms with Crippen LogP contribution in [-0.2, 0) is 11.2 Å². The van der Waals surface area contributed by atoms with Crippen molar-refractivity contribution in [2.45, 2.75) is 13.3 Å². The summed E-state index contributed by atoms with van der Waals surface area (Å²) in [5.74, 6) is 0. The Kier molecular flexibility index (Phi) is 4.69. The van der Waals surface area contributed by atoms with Gasteiger partial charge >= 0.3 is 0 Å². The van der Waals surface area contributed by atoms with Gasteiger partial charge in [-0.25, -0.2) is 4.98 Å². The van der Waals surface area contributed by atoms with Gasteiger partial charge in [-0.05, 0) is 24.6 Å². The SMILES string of the molecule is Cc1sc(N2CCOCC2)nc1Cc1ccc(Cl)cc1Cl. The van der Waals surface area contributed by atoms with Gasteiger partial charge in [-0.2, -0.15) is 0 Å². The minimum Gasteiger partial charge on any atom is -0.378 e. The number of halogens is 2. The van der Waals surface area contributed by atoms with Gasteiger partial charge in [0.15, 0.2) is 5.13 Å². The van der Waals surface area contributed by atoms with Crippen molar-refractivity contribution in [2.75, 3.05) is 31.2 Å². The first kappa shape index (κ1) is 15.1. The van der Waals surface area contributed by atoms with Crippen LogP contribution in [0.15, 0.2) is 18.2 Å². The lowest BCUT2D eigenvalue weighted by molar-refractivity contribution is 0.122. The molecule has 0 atom stereocenters. The maximum atomic E-state index is 6.25. The summed E-state index contributed by atoms with van der Waals surface area (Å²) in [5.41, 5.74) is 2.15. The number of ether oxygens (including phenoxy) is 1. The van der Waals surface area contributed by atoms with Crippen molar-refractivity contribution in [1.82, 2.24) is 4.98 Å². The zero-order valence-electron chi connectivity index (χ0n) is 11.7. The minimum atomic E-state index is 0.660. The van der Waals surface area contributed by atoms with Crippen LogP contribution in [0.3, 0.4) is 0 Å². The molecule has 0 bridgehead atoms. The fourth-order valence-electron chi connectivity index (χ4n) is 2.31. The second-order valence-corrected chi connectivity index (χ2v) is 7.04. The molecule has 3 nitrogen and oxygen atoms in total. The maximum absolute atomic E-state index is 6.25. The van der Waals surface area contributed by atoms with E-state index < -0.39 is 0 Å². The molecular weight excluding hydrogens is 327 g/mol. The summed E-state index contributed by atoms with van der Waals surface area (Å²) in [7, 11) is 0. The Labute approximate surface area is 138 Å². The molecule has 0 amide bonds. The van der Waals surface area contributed by atoms with Crippen LogP contribution in [0.1, 0.15) is 16.1 Å². The zero-order valence-corrected chi connectivity index (χ0v) is 14.1. The van der Waals surface area contributed by atoms with Crippen LogP contribution in [-0.4, -0.2) is 31.3 Å². The van der Waals surface area contributed by atoms with Crippen LogP contribution >= 0.6 is 34.5 Å². The van der Waals surface area contributed by atoms with E-state index in [9.17, 15) is 0 Å². The highest BCUT2D eigenvalue weighted by Gasteiger charge is 2.17. The van der Waals surface area contributed by atoms with E-state index in [4.69, 9.17) is 32.9 Å². The number of nitrogens with zero attached hydrogens (tertiary/aromatic N) is 2. The molecule has 1 saturated heterocycles. The predicted molar refractivity (Wildman–Crippen MR) is 89.2 cm³/mol. The molecule has 6 heteroatoms. The Hall–Kier alpha value is -0.810. The minimum absolute atomic E-state index is 0.660. The summed E-state index contributed by atoms with van der Waals surface area (Å²) in [6.07, 6.45) is 0.739. The Bertz CT molecular complexity index is 639. The average molecular weight is 343 g/mol. The molecule has 1 aliphatic heterocycles. The van der Waals surface area contributed by atoms with Gasteiger partial charge in [-0.1, -0.05) is 29.3 Å². The highest BCUT2D eigenvalue weighted by Crippen LogP contribution is 2.30. The average Bonchev–Trinajstić information content (AvgIpc) is 2.84. The van der Waals surface area contributed by atoms with E-state index in [2.05, 4.69) is 11.8 Å². The Morgan fingerprint density at radius 2 is 2.05 bits per heavy atom. The maximum Gasteiger partial charge on any atom is 0.185 e. The number of aromatic nitrogens is 1. The molecule has 1 fully saturated rings. The van der Waals surface area contributed by atoms with Crippen LogP contribution in [0.25, 0.3) is 0 Å². The van der Waals surface area contributed by atoms with Crippen LogP contribution in [0.2, 0.25) is 10.0 Å². The van der Waals surface area contributed by atoms with Crippen LogP contribution in [0.5, 0.6) is 0 Å². The molecule has 1 aliphatic rings. The first-order valence-corrected chi connectivity index (χ1v) is 8.43. The van der Waals surface area contributed by atoms with Gasteiger partial charge in [0.05, 0.1) is 18.9 Å². The highest BCUT2D eigenvalue weighted by molar-refractivity contribution is 7.15. The summed E-state index contributed by atoms with van der Waals surface area (Å²) < 4.78 is 5.39. The van der Waals surface area contributed by atoms with Gasteiger partial charge in [-0.15, -0.1) is 11.3 Å². The van der Waals surface area contributed by atoms with Gasteiger partial charge < -0.3 is 9.64 Å². The molecule has 112 valence electrons. The number of hydrogen-bond donors (Lipinski definition) is 0. The summed E-state index contributed by atoms with van der Waals surface area (Å²) in [6.45, 7) is 5.48. The van der Waals surface area contributed by atoms with Crippen molar-refractivity contribution in [3.8, 4) is 0 Å². The number of morpholine rings is 1. The molecule has 21 heavy (non-hydrogen) atoms. The van der Waals surface area contributed by atoms with Gasteiger partial charge in [0.1, 0.15) is 0 Å². The first-order valence-electron chi connectivity index (χ1n) is 6.86. The van der Waals surface area contributed by atoms with E-state index in [1.807, 2.05) is 12.1 Å². The first-order chi connectivity index (χ1) is 10.1. The highest BCUT2D eigenvalue weighted by atomic mass is 35.5. The molecule has 0 spiro atoms. The fourth-order valence-corrected chi connectivity index (χ4v) is 3.76. The Morgan fingerprint density at radius 3 is 2.76 bits per heavy atom. The third-order valence-corrected chi connectivity index (χ3v) is 5.20. The van der Waals surface area contributed by atoms with Gasteiger partial charge in [0.2, 0.25) is 0 Å². The standard InChI is InChI=1S/C15H16Cl2N2OS/c1-10-14(8-11-2-3-12(16)9-13(11)17)18-15(21-10)19-4-6-20-7-5-19/h2-3,9H,4-8H2,1H3. The second kappa shape index (κ2) is 6.53. The lowest BCUT2D eigenvalue weighted by atomic mass is 10.1. The summed E-state index contributed by atoms with van der Waals surface area (Å²) >= 11 is 13.9. The predicted octanol–water partition coefficient (Wildman–Crippen LogP) is 4.19. The third kappa shape index (κ3) is 3.51. The molecule has 3 rings (SSSR count). The number of anilines is 1. The topological polar surface area (TPSA) is 25.4 Å². The smallest absolute Gasteiger partial charge is 0.185 e. The quantitative estimate of drug-likeness (QED) is 0.836. The van der Waals surface area contributed by atoms with E-state index >= 15 is 0 Å². The van der Waals surface area contributed by atoms with E-state index in [0.717, 1.165) is 49.1 Å². The lowest BCUT2D eigenvalue weighted by Gasteiger charge is -2.26. The van der Waals surface area contributed by atoms with Crippen molar-refractivity contribution in [1.29, 1.82) is 0 Å². The van der Waals surface area contributed by atoms with Gasteiger partial charge in [0.25, 0.3) is 0 Å². The summed E-state index contributed by atoms with van der Waals surface area (Å²) in [5, 5.41) is 2.44. The van der Waals surface area contributed by atoms with E-state index in [-0.39, 0.29) is 0 Å². The molecule has 0 saturated carbocycles. The van der Waals surface area contributed by atoms with Crippen molar-refractivity contribution in [2.24, 2.45) is 0 Å². The summed E-state index contributed by atoms with van der Waals surface area (Å²) in [4.78, 5) is 8.31. The third-order valence-electron chi connectivity index (χ3n) is 3.54. The van der Waals surface area contributed by atoms with E-state index in [1.165, 1.54) is 4.88 Å². The lowest BCUT2D eigenvalue weighted by Crippen LogP contribution is -2.36.